The van der Waals surface area contributed by atoms with Crippen molar-refractivity contribution in [2.45, 2.75) is 37.9 Å². The Bertz CT molecular complexity index is 1630. The van der Waals surface area contributed by atoms with Crippen LogP contribution in [0.5, 0.6) is 11.6 Å². The Labute approximate surface area is 257 Å². The number of nitrogens with zero attached hydrogens (tertiary/aromatic N) is 7. The number of pyridine rings is 3. The number of piperazine rings is 1. The van der Waals surface area contributed by atoms with Gasteiger partial charge >= 0.3 is 0 Å². The lowest BCUT2D eigenvalue weighted by Gasteiger charge is -2.56. The fraction of sp³-hybridized carbons (Fsp3) is 0.455. The quantitative estimate of drug-likeness (QED) is 0.245. The first-order valence-electron chi connectivity index (χ1n) is 15.3. The zero-order valence-electron chi connectivity index (χ0n) is 25.3. The molecule has 4 aliphatic rings. The molecular formula is C33H38N8O3. The maximum Gasteiger partial charge on any atom is 0.212 e. The van der Waals surface area contributed by atoms with Gasteiger partial charge in [-0.15, -0.1) is 0 Å². The molecule has 228 valence electrons. The molecule has 4 fully saturated rings. The molecule has 44 heavy (non-hydrogen) atoms. The van der Waals surface area contributed by atoms with E-state index >= 15 is 0 Å². The second kappa shape index (κ2) is 12.0. The van der Waals surface area contributed by atoms with Crippen molar-refractivity contribution in [2.75, 3.05) is 58.5 Å². The molecule has 11 nitrogen and oxygen atoms in total. The first-order chi connectivity index (χ1) is 21.6. The molecule has 0 amide bonds. The van der Waals surface area contributed by atoms with Gasteiger partial charge in [0, 0.05) is 93.5 Å². The van der Waals surface area contributed by atoms with E-state index in [4.69, 9.17) is 19.2 Å². The molecule has 2 bridgehead atoms. The summed E-state index contributed by atoms with van der Waals surface area (Å²) in [5, 5.41) is 17.7. The Kier molecular flexibility index (Phi) is 7.80. The van der Waals surface area contributed by atoms with Crippen LogP contribution in [0.2, 0.25) is 0 Å². The molecule has 1 N–H and O–H groups in total. The summed E-state index contributed by atoms with van der Waals surface area (Å²) in [6.07, 6.45) is 10.6. The van der Waals surface area contributed by atoms with E-state index < -0.39 is 0 Å². The summed E-state index contributed by atoms with van der Waals surface area (Å²) in [4.78, 5) is 14.2. The number of anilines is 1. The van der Waals surface area contributed by atoms with Crippen LogP contribution in [0.15, 0.2) is 55.1 Å². The van der Waals surface area contributed by atoms with Gasteiger partial charge in [0.2, 0.25) is 5.88 Å². The zero-order chi connectivity index (χ0) is 30.1. The lowest BCUT2D eigenvalue weighted by molar-refractivity contribution is -0.00876. The standard InChI is InChI=1S/C33H38N8O3/c1-42-9-3-8-33(20-35-21-33)22-44-28-11-29(32-25(12-34)15-38-41(32)19-28)24-5-6-30(36-14-24)39-17-26-10-27(18-39)40(26)16-23-4-7-31(43-2)37-13-23/h4-7,11,13-15,19,26-27,35H,3,8-10,16-18,20-22H2,1-2H3. The van der Waals surface area contributed by atoms with E-state index in [1.54, 1.807) is 24.9 Å². The van der Waals surface area contributed by atoms with Crippen molar-refractivity contribution >= 4 is 11.3 Å². The van der Waals surface area contributed by atoms with E-state index in [-0.39, 0.29) is 5.41 Å². The molecule has 0 saturated carbocycles. The van der Waals surface area contributed by atoms with E-state index in [1.165, 1.54) is 12.0 Å². The van der Waals surface area contributed by atoms with Crippen molar-refractivity contribution in [3.63, 3.8) is 0 Å². The minimum atomic E-state index is 0.106. The number of aromatic nitrogens is 4. The number of rotatable bonds is 12. The van der Waals surface area contributed by atoms with Gasteiger partial charge in [0.1, 0.15) is 17.6 Å². The molecule has 0 aromatic carbocycles. The van der Waals surface area contributed by atoms with Crippen LogP contribution in [0.25, 0.3) is 16.6 Å². The van der Waals surface area contributed by atoms with Crippen molar-refractivity contribution in [2.24, 2.45) is 5.41 Å². The maximum absolute atomic E-state index is 9.81. The number of nitriles is 1. The van der Waals surface area contributed by atoms with Crippen LogP contribution >= 0.6 is 0 Å². The average Bonchev–Trinajstić information content (AvgIpc) is 3.47. The Morgan fingerprint density at radius 2 is 1.93 bits per heavy atom. The largest absolute Gasteiger partial charge is 0.491 e. The van der Waals surface area contributed by atoms with E-state index in [2.05, 4.69) is 49.5 Å². The highest BCUT2D eigenvalue weighted by molar-refractivity contribution is 5.85. The van der Waals surface area contributed by atoms with Crippen molar-refractivity contribution in [1.29, 1.82) is 5.26 Å². The average molecular weight is 595 g/mol. The van der Waals surface area contributed by atoms with Gasteiger partial charge in [0.25, 0.3) is 0 Å². The number of piperidine rings is 1. The summed E-state index contributed by atoms with van der Waals surface area (Å²) in [6, 6.07) is 13.5. The fourth-order valence-electron chi connectivity index (χ4n) is 6.84. The van der Waals surface area contributed by atoms with Crippen molar-refractivity contribution in [3.05, 3.63) is 66.2 Å². The van der Waals surface area contributed by atoms with E-state index in [0.717, 1.165) is 80.4 Å². The van der Waals surface area contributed by atoms with Crippen LogP contribution in [0.3, 0.4) is 0 Å². The van der Waals surface area contributed by atoms with Gasteiger partial charge in [0.05, 0.1) is 37.2 Å². The van der Waals surface area contributed by atoms with Gasteiger partial charge in [-0.3, -0.25) is 4.90 Å². The summed E-state index contributed by atoms with van der Waals surface area (Å²) >= 11 is 0. The molecule has 4 aromatic heterocycles. The summed E-state index contributed by atoms with van der Waals surface area (Å²) in [6.45, 7) is 6.03. The topological polar surface area (TPSA) is 113 Å². The number of hydrogen-bond acceptors (Lipinski definition) is 10. The highest BCUT2D eigenvalue weighted by Crippen LogP contribution is 2.37. The van der Waals surface area contributed by atoms with E-state index in [0.29, 0.717) is 30.1 Å². The van der Waals surface area contributed by atoms with Gasteiger partial charge < -0.3 is 24.4 Å². The normalized spacial score (nSPS) is 20.5. The molecule has 0 spiro atoms. The lowest BCUT2D eigenvalue weighted by Crippen LogP contribution is -2.68. The molecular weight excluding hydrogens is 556 g/mol. The van der Waals surface area contributed by atoms with Crippen molar-refractivity contribution < 1.29 is 14.2 Å². The number of hydrogen-bond donors (Lipinski definition) is 1. The van der Waals surface area contributed by atoms with Crippen LogP contribution in [0.1, 0.15) is 30.4 Å². The SMILES string of the molecule is COCCCC1(COc2cc(-c3ccc(N4CC5CC(C4)N5Cc4ccc(OC)nc4)nc3)c3c(C#N)cnn3c2)CNC1. The second-order valence-corrected chi connectivity index (χ2v) is 12.3. The molecule has 4 aromatic rings. The Morgan fingerprint density at radius 3 is 2.59 bits per heavy atom. The predicted octanol–water partition coefficient (Wildman–Crippen LogP) is 3.53. The minimum absolute atomic E-state index is 0.106. The molecule has 0 radical (unpaired) electrons. The van der Waals surface area contributed by atoms with Crippen LogP contribution in [0, 0.1) is 16.7 Å². The Hall–Kier alpha value is -4.24. The van der Waals surface area contributed by atoms with E-state index in [1.807, 2.05) is 30.7 Å². The molecule has 2 atom stereocenters. The van der Waals surface area contributed by atoms with Crippen LogP contribution in [-0.2, 0) is 11.3 Å². The van der Waals surface area contributed by atoms with Crippen molar-refractivity contribution in [3.8, 4) is 28.8 Å². The van der Waals surface area contributed by atoms with E-state index in [9.17, 15) is 5.26 Å². The summed E-state index contributed by atoms with van der Waals surface area (Å²) < 4.78 is 18.6. The van der Waals surface area contributed by atoms with Crippen molar-refractivity contribution in [1.82, 2.24) is 29.8 Å². The summed E-state index contributed by atoms with van der Waals surface area (Å²) in [5.74, 6) is 2.34. The van der Waals surface area contributed by atoms with Gasteiger partial charge in [-0.2, -0.15) is 10.4 Å². The number of methoxy groups -OCH3 is 2. The molecule has 4 aliphatic heterocycles. The van der Waals surface area contributed by atoms with Gasteiger partial charge in [-0.05, 0) is 43.0 Å². The summed E-state index contributed by atoms with van der Waals surface area (Å²) in [5.41, 5.74) is 4.41. The third kappa shape index (κ3) is 5.45. The van der Waals surface area contributed by atoms with Gasteiger partial charge in [0.15, 0.2) is 0 Å². The third-order valence-corrected chi connectivity index (χ3v) is 9.41. The molecule has 0 aliphatic carbocycles. The van der Waals surface area contributed by atoms with Gasteiger partial charge in [-0.1, -0.05) is 6.07 Å². The van der Waals surface area contributed by atoms with Crippen LogP contribution in [-0.4, -0.2) is 90.2 Å². The first kappa shape index (κ1) is 28.5. The Morgan fingerprint density at radius 1 is 1.07 bits per heavy atom. The molecule has 4 saturated heterocycles. The second-order valence-electron chi connectivity index (χ2n) is 12.3. The molecule has 8 rings (SSSR count). The zero-order valence-corrected chi connectivity index (χ0v) is 25.3. The minimum Gasteiger partial charge on any atom is -0.491 e. The molecule has 11 heteroatoms. The molecule has 2 unspecified atom stereocenters. The monoisotopic (exact) mass is 594 g/mol. The highest BCUT2D eigenvalue weighted by Gasteiger charge is 2.44. The number of fused-ring (bicyclic) bond motifs is 3. The first-order valence-corrected chi connectivity index (χ1v) is 15.3. The smallest absolute Gasteiger partial charge is 0.212 e. The highest BCUT2D eigenvalue weighted by atomic mass is 16.5. The number of nitrogens with one attached hydrogen (secondary N) is 1. The third-order valence-electron chi connectivity index (χ3n) is 9.41. The number of ether oxygens (including phenoxy) is 3. The predicted molar refractivity (Wildman–Crippen MR) is 166 cm³/mol. The van der Waals surface area contributed by atoms with Gasteiger partial charge in [-0.25, -0.2) is 14.5 Å². The lowest BCUT2D eigenvalue weighted by atomic mass is 9.78. The Balaban J connectivity index is 1.06. The van der Waals surface area contributed by atoms with Crippen LogP contribution < -0.4 is 19.7 Å². The summed E-state index contributed by atoms with van der Waals surface area (Å²) in [7, 11) is 3.38. The van der Waals surface area contributed by atoms with Crippen LogP contribution in [0.4, 0.5) is 5.82 Å². The molecule has 8 heterocycles. The fourth-order valence-corrected chi connectivity index (χ4v) is 6.84. The maximum atomic E-state index is 9.81.